The van der Waals surface area contributed by atoms with E-state index in [2.05, 4.69) is 22.8 Å². The van der Waals surface area contributed by atoms with E-state index in [1.807, 2.05) is 69.3 Å². The lowest BCUT2D eigenvalue weighted by molar-refractivity contribution is 0.0507. The molecule has 0 spiro atoms. The summed E-state index contributed by atoms with van der Waals surface area (Å²) in [6, 6.07) is 20.0. The van der Waals surface area contributed by atoms with Crippen molar-refractivity contribution in [3.05, 3.63) is 66.2 Å². The van der Waals surface area contributed by atoms with Crippen molar-refractivity contribution in [1.82, 2.24) is 5.32 Å². The molecule has 0 unspecified atom stereocenters. The molecule has 0 radical (unpaired) electrons. The molecule has 2 N–H and O–H groups in total. The highest BCUT2D eigenvalue weighted by molar-refractivity contribution is 5.68. The van der Waals surface area contributed by atoms with Crippen molar-refractivity contribution in [2.24, 2.45) is 0 Å². The lowest BCUT2D eigenvalue weighted by Gasteiger charge is -2.24. The molecule has 0 heterocycles. The van der Waals surface area contributed by atoms with Crippen LogP contribution in [-0.4, -0.2) is 24.3 Å². The maximum atomic E-state index is 12.1. The van der Waals surface area contributed by atoms with Crippen LogP contribution in [0.2, 0.25) is 0 Å². The van der Waals surface area contributed by atoms with Gasteiger partial charge in [0.05, 0.1) is 6.04 Å². The maximum Gasteiger partial charge on any atom is 0.407 e. The Morgan fingerprint density at radius 1 is 1.00 bits per heavy atom. The van der Waals surface area contributed by atoms with Gasteiger partial charge in [0.1, 0.15) is 5.60 Å². The topological polar surface area (TPSA) is 50.4 Å². The highest BCUT2D eigenvalue weighted by Gasteiger charge is 2.19. The van der Waals surface area contributed by atoms with Crippen LogP contribution in [0.1, 0.15) is 26.3 Å². The molecule has 0 aromatic heterocycles. The number of alkyl carbamates (subject to hydrolysis) is 1. The van der Waals surface area contributed by atoms with Gasteiger partial charge in [0, 0.05) is 12.2 Å². The summed E-state index contributed by atoms with van der Waals surface area (Å²) in [6.07, 6.45) is 0.346. The zero-order valence-corrected chi connectivity index (χ0v) is 14.6. The molecule has 1 amide bonds. The summed E-state index contributed by atoms with van der Waals surface area (Å²) in [5.41, 5.74) is 1.70. The summed E-state index contributed by atoms with van der Waals surface area (Å²) in [6.45, 7) is 6.21. The van der Waals surface area contributed by atoms with Crippen molar-refractivity contribution in [1.29, 1.82) is 0 Å². The molecule has 0 saturated heterocycles. The zero-order valence-electron chi connectivity index (χ0n) is 14.6. The Balaban J connectivity index is 1.99. The first kappa shape index (κ1) is 17.9. The van der Waals surface area contributed by atoms with Crippen LogP contribution >= 0.6 is 0 Å². The minimum absolute atomic E-state index is 0.0672. The van der Waals surface area contributed by atoms with Crippen LogP contribution in [0.4, 0.5) is 10.5 Å². The number of benzene rings is 2. The second kappa shape index (κ2) is 8.39. The van der Waals surface area contributed by atoms with E-state index in [1.54, 1.807) is 0 Å². The number of anilines is 1. The number of rotatable bonds is 6. The number of para-hydroxylation sites is 1. The van der Waals surface area contributed by atoms with Crippen LogP contribution in [0.3, 0.4) is 0 Å². The molecule has 0 bridgehead atoms. The van der Waals surface area contributed by atoms with E-state index in [0.29, 0.717) is 6.54 Å². The van der Waals surface area contributed by atoms with Crippen LogP contribution in [0, 0.1) is 0 Å². The van der Waals surface area contributed by atoms with E-state index in [4.69, 9.17) is 4.74 Å². The van der Waals surface area contributed by atoms with Crippen LogP contribution in [-0.2, 0) is 11.2 Å². The van der Waals surface area contributed by atoms with Gasteiger partial charge in [-0.2, -0.15) is 0 Å². The largest absolute Gasteiger partial charge is 0.444 e. The molecular formula is C20H26N2O2. The minimum atomic E-state index is -0.506. The predicted octanol–water partition coefficient (Wildman–Crippen LogP) is 4.23. The lowest BCUT2D eigenvalue weighted by atomic mass is 10.1. The quantitative estimate of drug-likeness (QED) is 0.835. The van der Waals surface area contributed by atoms with Gasteiger partial charge in [0.15, 0.2) is 0 Å². The third-order valence-corrected chi connectivity index (χ3v) is 3.37. The molecule has 2 aromatic rings. The Kier molecular flexibility index (Phi) is 6.24. The number of amides is 1. The highest BCUT2D eigenvalue weighted by Crippen LogP contribution is 2.10. The third kappa shape index (κ3) is 6.73. The van der Waals surface area contributed by atoms with Crippen molar-refractivity contribution in [3.63, 3.8) is 0 Å². The lowest BCUT2D eigenvalue weighted by Crippen LogP contribution is -2.43. The molecule has 128 valence electrons. The van der Waals surface area contributed by atoms with Crippen molar-refractivity contribution >= 4 is 11.8 Å². The van der Waals surface area contributed by atoms with Crippen molar-refractivity contribution in [3.8, 4) is 0 Å². The molecule has 0 aliphatic carbocycles. The van der Waals surface area contributed by atoms with Crippen LogP contribution < -0.4 is 10.6 Å². The zero-order chi connectivity index (χ0) is 17.4. The van der Waals surface area contributed by atoms with Crippen LogP contribution in [0.15, 0.2) is 60.7 Å². The fraction of sp³-hybridized carbons (Fsp3) is 0.350. The van der Waals surface area contributed by atoms with Gasteiger partial charge < -0.3 is 15.4 Å². The number of nitrogens with one attached hydrogen (secondary N) is 2. The Morgan fingerprint density at radius 2 is 1.58 bits per heavy atom. The summed E-state index contributed by atoms with van der Waals surface area (Å²) in [5, 5.41) is 6.33. The standard InChI is InChI=1S/C20H26N2O2/c1-20(2,3)24-19(23)22-18(14-16-10-6-4-7-11-16)15-21-17-12-8-5-9-13-17/h4-13,18,21H,14-15H2,1-3H3,(H,22,23)/t18-/m0/s1. The molecular weight excluding hydrogens is 300 g/mol. The Hall–Kier alpha value is -2.49. The van der Waals surface area contributed by atoms with Crippen molar-refractivity contribution in [2.45, 2.75) is 38.8 Å². The molecule has 4 nitrogen and oxygen atoms in total. The second-order valence-electron chi connectivity index (χ2n) is 6.78. The van der Waals surface area contributed by atoms with Gasteiger partial charge in [-0.1, -0.05) is 48.5 Å². The molecule has 1 atom stereocenters. The number of hydrogen-bond donors (Lipinski definition) is 2. The van der Waals surface area contributed by atoms with Crippen molar-refractivity contribution in [2.75, 3.05) is 11.9 Å². The molecule has 0 fully saturated rings. The van der Waals surface area contributed by atoms with Gasteiger partial charge in [0.2, 0.25) is 0 Å². The first-order valence-corrected chi connectivity index (χ1v) is 8.25. The first-order chi connectivity index (χ1) is 11.4. The Morgan fingerprint density at radius 3 is 2.17 bits per heavy atom. The molecule has 0 aliphatic heterocycles. The summed E-state index contributed by atoms with van der Waals surface area (Å²) < 4.78 is 5.38. The van der Waals surface area contributed by atoms with Crippen molar-refractivity contribution < 1.29 is 9.53 Å². The number of carbonyl (C=O) groups is 1. The summed E-state index contributed by atoms with van der Waals surface area (Å²) in [5.74, 6) is 0. The normalized spacial score (nSPS) is 12.3. The minimum Gasteiger partial charge on any atom is -0.444 e. The van der Waals surface area contributed by atoms with E-state index in [1.165, 1.54) is 5.56 Å². The average Bonchev–Trinajstić information content (AvgIpc) is 2.53. The summed E-state index contributed by atoms with van der Waals surface area (Å²) in [7, 11) is 0. The van der Waals surface area contributed by atoms with E-state index >= 15 is 0 Å². The second-order valence-corrected chi connectivity index (χ2v) is 6.78. The molecule has 0 saturated carbocycles. The predicted molar refractivity (Wildman–Crippen MR) is 98.2 cm³/mol. The van der Waals surface area contributed by atoms with Gasteiger partial charge in [0.25, 0.3) is 0 Å². The smallest absolute Gasteiger partial charge is 0.407 e. The van der Waals surface area contributed by atoms with Gasteiger partial charge >= 0.3 is 6.09 Å². The van der Waals surface area contributed by atoms with E-state index in [9.17, 15) is 4.79 Å². The van der Waals surface area contributed by atoms with E-state index < -0.39 is 11.7 Å². The fourth-order valence-corrected chi connectivity index (χ4v) is 2.34. The molecule has 24 heavy (non-hydrogen) atoms. The molecule has 0 aliphatic rings. The first-order valence-electron chi connectivity index (χ1n) is 8.25. The summed E-state index contributed by atoms with van der Waals surface area (Å²) >= 11 is 0. The van der Waals surface area contributed by atoms with Gasteiger partial charge in [-0.15, -0.1) is 0 Å². The van der Waals surface area contributed by atoms with Crippen LogP contribution in [0.25, 0.3) is 0 Å². The average molecular weight is 326 g/mol. The number of hydrogen-bond acceptors (Lipinski definition) is 3. The van der Waals surface area contributed by atoms with Gasteiger partial charge in [-0.25, -0.2) is 4.79 Å². The molecule has 2 aromatic carbocycles. The van der Waals surface area contributed by atoms with E-state index in [0.717, 1.165) is 12.1 Å². The van der Waals surface area contributed by atoms with Gasteiger partial charge in [-0.05, 0) is 44.9 Å². The maximum absolute atomic E-state index is 12.1. The molecule has 2 rings (SSSR count). The Bertz CT molecular complexity index is 621. The number of carbonyl (C=O) groups excluding carboxylic acids is 1. The SMILES string of the molecule is CC(C)(C)OC(=O)N[C@H](CNc1ccccc1)Cc1ccccc1. The monoisotopic (exact) mass is 326 g/mol. The summed E-state index contributed by atoms with van der Waals surface area (Å²) in [4.78, 5) is 12.1. The number of ether oxygens (including phenoxy) is 1. The fourth-order valence-electron chi connectivity index (χ4n) is 2.34. The van der Waals surface area contributed by atoms with E-state index in [-0.39, 0.29) is 6.04 Å². The third-order valence-electron chi connectivity index (χ3n) is 3.37. The van der Waals surface area contributed by atoms with Gasteiger partial charge in [-0.3, -0.25) is 0 Å². The molecule has 4 heteroatoms. The Labute approximate surface area is 144 Å². The van der Waals surface area contributed by atoms with Crippen LogP contribution in [0.5, 0.6) is 0 Å². The highest BCUT2D eigenvalue weighted by atomic mass is 16.6.